The molecule has 1 heterocycles. The molecule has 0 bridgehead atoms. The highest BCUT2D eigenvalue weighted by molar-refractivity contribution is 6.08. The van der Waals surface area contributed by atoms with Crippen LogP contribution in [-0.2, 0) is 4.74 Å². The SMILES string of the molecule is O=C(C1=COCCC1)c1cccc(OC(F)F)c1. The maximum absolute atomic E-state index is 12.1. The summed E-state index contributed by atoms with van der Waals surface area (Å²) in [5.74, 6) is -0.234. The summed E-state index contributed by atoms with van der Waals surface area (Å²) in [5, 5.41) is 0. The van der Waals surface area contributed by atoms with Crippen LogP contribution < -0.4 is 4.74 Å². The van der Waals surface area contributed by atoms with E-state index in [4.69, 9.17) is 4.74 Å². The van der Waals surface area contributed by atoms with E-state index < -0.39 is 6.61 Å². The van der Waals surface area contributed by atoms with Crippen LogP contribution in [0, 0.1) is 0 Å². The molecule has 1 aliphatic heterocycles. The summed E-state index contributed by atoms with van der Waals surface area (Å²) in [4.78, 5) is 12.0. The van der Waals surface area contributed by atoms with Crippen molar-refractivity contribution in [3.8, 4) is 5.75 Å². The molecule has 0 amide bonds. The lowest BCUT2D eigenvalue weighted by atomic mass is 10.00. The van der Waals surface area contributed by atoms with Crippen molar-refractivity contribution in [1.29, 1.82) is 0 Å². The van der Waals surface area contributed by atoms with E-state index in [0.29, 0.717) is 24.2 Å². The predicted octanol–water partition coefficient (Wildman–Crippen LogP) is 3.17. The monoisotopic (exact) mass is 254 g/mol. The van der Waals surface area contributed by atoms with Gasteiger partial charge in [0.15, 0.2) is 5.78 Å². The smallest absolute Gasteiger partial charge is 0.387 e. The zero-order chi connectivity index (χ0) is 13.0. The van der Waals surface area contributed by atoms with Gasteiger partial charge in [0.1, 0.15) is 5.75 Å². The Morgan fingerprint density at radius 2 is 2.22 bits per heavy atom. The van der Waals surface area contributed by atoms with Gasteiger partial charge in [-0.1, -0.05) is 12.1 Å². The average Bonchev–Trinajstić information content (AvgIpc) is 2.38. The molecule has 0 fully saturated rings. The van der Waals surface area contributed by atoms with Gasteiger partial charge >= 0.3 is 6.61 Å². The highest BCUT2D eigenvalue weighted by Crippen LogP contribution is 2.21. The van der Waals surface area contributed by atoms with Gasteiger partial charge in [-0.15, -0.1) is 0 Å². The number of alkyl halides is 2. The third kappa shape index (κ3) is 3.06. The first-order valence-corrected chi connectivity index (χ1v) is 5.57. The zero-order valence-electron chi connectivity index (χ0n) is 9.57. The van der Waals surface area contributed by atoms with Crippen LogP contribution >= 0.6 is 0 Å². The lowest BCUT2D eigenvalue weighted by molar-refractivity contribution is -0.0498. The Bertz CT molecular complexity index is 469. The van der Waals surface area contributed by atoms with Crippen LogP contribution in [0.25, 0.3) is 0 Å². The van der Waals surface area contributed by atoms with E-state index in [1.165, 1.54) is 24.5 Å². The number of carbonyl (C=O) groups is 1. The molecular formula is C13H12F2O3. The van der Waals surface area contributed by atoms with Crippen molar-refractivity contribution in [2.24, 2.45) is 0 Å². The van der Waals surface area contributed by atoms with Crippen LogP contribution in [0.2, 0.25) is 0 Å². The van der Waals surface area contributed by atoms with Crippen molar-refractivity contribution in [2.45, 2.75) is 19.5 Å². The summed E-state index contributed by atoms with van der Waals surface area (Å²) in [6, 6.07) is 5.77. The molecule has 3 nitrogen and oxygen atoms in total. The summed E-state index contributed by atoms with van der Waals surface area (Å²) in [6.07, 6.45) is 2.86. The third-order valence-electron chi connectivity index (χ3n) is 2.55. The first-order valence-electron chi connectivity index (χ1n) is 5.57. The fourth-order valence-corrected chi connectivity index (χ4v) is 1.73. The number of carbonyl (C=O) groups excluding carboxylic acids is 1. The van der Waals surface area contributed by atoms with E-state index in [9.17, 15) is 13.6 Å². The van der Waals surface area contributed by atoms with Gasteiger partial charge in [0.25, 0.3) is 0 Å². The van der Waals surface area contributed by atoms with Crippen molar-refractivity contribution in [1.82, 2.24) is 0 Å². The van der Waals surface area contributed by atoms with Crippen molar-refractivity contribution in [2.75, 3.05) is 6.61 Å². The van der Waals surface area contributed by atoms with Crippen molar-refractivity contribution >= 4 is 5.78 Å². The molecule has 96 valence electrons. The lowest BCUT2D eigenvalue weighted by Gasteiger charge is -2.13. The minimum Gasteiger partial charge on any atom is -0.501 e. The molecule has 0 aromatic heterocycles. The van der Waals surface area contributed by atoms with E-state index in [1.54, 1.807) is 6.07 Å². The molecule has 0 N–H and O–H groups in total. The fourth-order valence-electron chi connectivity index (χ4n) is 1.73. The first-order chi connectivity index (χ1) is 8.66. The Hall–Kier alpha value is -1.91. The predicted molar refractivity (Wildman–Crippen MR) is 60.7 cm³/mol. The summed E-state index contributed by atoms with van der Waals surface area (Å²) in [7, 11) is 0. The minimum atomic E-state index is -2.90. The van der Waals surface area contributed by atoms with Gasteiger partial charge in [-0.05, 0) is 25.0 Å². The molecule has 18 heavy (non-hydrogen) atoms. The van der Waals surface area contributed by atoms with Crippen LogP contribution in [0.15, 0.2) is 36.1 Å². The Morgan fingerprint density at radius 1 is 1.39 bits per heavy atom. The van der Waals surface area contributed by atoms with Crippen molar-refractivity contribution in [3.63, 3.8) is 0 Å². The standard InChI is InChI=1S/C13H12F2O3/c14-13(15)18-11-5-1-3-9(7-11)12(16)10-4-2-6-17-8-10/h1,3,5,7-8,13H,2,4,6H2. The van der Waals surface area contributed by atoms with Crippen LogP contribution in [0.5, 0.6) is 5.75 Å². The number of Topliss-reactive ketones (excluding diaryl/α,β-unsaturated/α-hetero) is 1. The molecule has 0 spiro atoms. The van der Waals surface area contributed by atoms with Crippen LogP contribution in [0.1, 0.15) is 23.2 Å². The number of allylic oxidation sites excluding steroid dienone is 1. The van der Waals surface area contributed by atoms with Gasteiger partial charge in [-0.3, -0.25) is 4.79 Å². The Balaban J connectivity index is 2.17. The fraction of sp³-hybridized carbons (Fsp3) is 0.308. The van der Waals surface area contributed by atoms with Gasteiger partial charge < -0.3 is 9.47 Å². The number of halogens is 2. The number of ketones is 1. The van der Waals surface area contributed by atoms with Gasteiger partial charge in [0.2, 0.25) is 0 Å². The normalized spacial score (nSPS) is 14.9. The Labute approximate surface area is 103 Å². The minimum absolute atomic E-state index is 0.0202. The highest BCUT2D eigenvalue weighted by atomic mass is 19.3. The molecule has 1 aliphatic rings. The van der Waals surface area contributed by atoms with E-state index in [2.05, 4.69) is 4.74 Å². The van der Waals surface area contributed by atoms with Crippen LogP contribution in [0.3, 0.4) is 0 Å². The topological polar surface area (TPSA) is 35.5 Å². The van der Waals surface area contributed by atoms with E-state index in [0.717, 1.165) is 6.42 Å². The zero-order valence-corrected chi connectivity index (χ0v) is 9.57. The largest absolute Gasteiger partial charge is 0.501 e. The first kappa shape index (κ1) is 12.5. The maximum Gasteiger partial charge on any atom is 0.387 e. The van der Waals surface area contributed by atoms with Crippen molar-refractivity contribution in [3.05, 3.63) is 41.7 Å². The van der Waals surface area contributed by atoms with E-state index >= 15 is 0 Å². The molecule has 0 atom stereocenters. The second-order valence-electron chi connectivity index (χ2n) is 3.85. The third-order valence-corrected chi connectivity index (χ3v) is 2.55. The second-order valence-corrected chi connectivity index (χ2v) is 3.85. The average molecular weight is 254 g/mol. The van der Waals surface area contributed by atoms with Crippen molar-refractivity contribution < 1.29 is 23.0 Å². The van der Waals surface area contributed by atoms with E-state index in [-0.39, 0.29) is 11.5 Å². The molecule has 0 saturated heterocycles. The van der Waals surface area contributed by atoms with Crippen LogP contribution in [-0.4, -0.2) is 19.0 Å². The molecule has 0 unspecified atom stereocenters. The summed E-state index contributed by atoms with van der Waals surface area (Å²) >= 11 is 0. The molecule has 0 aliphatic carbocycles. The van der Waals surface area contributed by atoms with E-state index in [1.807, 2.05) is 0 Å². The molecular weight excluding hydrogens is 242 g/mol. The molecule has 0 radical (unpaired) electrons. The molecule has 1 aromatic rings. The maximum atomic E-state index is 12.1. The summed E-state index contributed by atoms with van der Waals surface area (Å²) in [5.41, 5.74) is 0.875. The molecule has 0 saturated carbocycles. The Kier molecular flexibility index (Phi) is 3.92. The van der Waals surface area contributed by atoms with Gasteiger partial charge in [-0.2, -0.15) is 8.78 Å². The number of hydrogen-bond acceptors (Lipinski definition) is 3. The highest BCUT2D eigenvalue weighted by Gasteiger charge is 2.16. The number of ether oxygens (including phenoxy) is 2. The van der Waals surface area contributed by atoms with Gasteiger partial charge in [0.05, 0.1) is 12.9 Å². The second kappa shape index (κ2) is 5.62. The number of hydrogen-bond donors (Lipinski definition) is 0. The lowest BCUT2D eigenvalue weighted by Crippen LogP contribution is -2.10. The molecule has 5 heteroatoms. The number of rotatable bonds is 4. The van der Waals surface area contributed by atoms with Gasteiger partial charge in [-0.25, -0.2) is 0 Å². The number of benzene rings is 1. The Morgan fingerprint density at radius 3 is 2.89 bits per heavy atom. The molecule has 2 rings (SSSR count). The quantitative estimate of drug-likeness (QED) is 0.774. The summed E-state index contributed by atoms with van der Waals surface area (Å²) < 4.78 is 33.5. The summed E-state index contributed by atoms with van der Waals surface area (Å²) in [6.45, 7) is -2.29. The molecule has 1 aromatic carbocycles. The van der Waals surface area contributed by atoms with Crippen LogP contribution in [0.4, 0.5) is 8.78 Å². The van der Waals surface area contributed by atoms with Gasteiger partial charge in [0, 0.05) is 11.1 Å².